The monoisotopic (exact) mass is 338 g/mol. The molecular weight excluding hydrogens is 328 g/mol. The quantitative estimate of drug-likeness (QED) is 0.904. The number of thiazole rings is 1. The topological polar surface area (TPSA) is 62.2 Å². The van der Waals surface area contributed by atoms with E-state index in [4.69, 9.17) is 5.11 Å². The van der Waals surface area contributed by atoms with Crippen molar-refractivity contribution in [1.29, 1.82) is 0 Å². The number of nitrogens with one attached hydrogen (secondary N) is 1. The number of fused-ring (bicyclic) bond motifs is 1. The number of aliphatic hydroxyl groups excluding tert-OH is 1. The highest BCUT2D eigenvalue weighted by atomic mass is 79.9. The number of carbonyl (C=O) groups is 1. The van der Waals surface area contributed by atoms with Crippen LogP contribution >= 0.6 is 27.3 Å². The summed E-state index contributed by atoms with van der Waals surface area (Å²) < 4.78 is 0.788. The minimum absolute atomic E-state index is 0.0356. The molecule has 2 heterocycles. The molecule has 1 aliphatic heterocycles. The van der Waals surface area contributed by atoms with E-state index in [2.05, 4.69) is 26.2 Å². The van der Waals surface area contributed by atoms with Gasteiger partial charge in [-0.2, -0.15) is 0 Å². The molecule has 1 aromatic heterocycles. The predicted molar refractivity (Wildman–Crippen MR) is 78.4 cm³/mol. The molecule has 98 valence electrons. The van der Waals surface area contributed by atoms with E-state index in [1.165, 1.54) is 0 Å². The third-order valence-corrected chi connectivity index (χ3v) is 5.05. The van der Waals surface area contributed by atoms with Crippen LogP contribution in [0, 0.1) is 0 Å². The molecule has 4 nitrogen and oxygen atoms in total. The first kappa shape index (κ1) is 12.8. The summed E-state index contributed by atoms with van der Waals surface area (Å²) in [4.78, 5) is 16.8. The van der Waals surface area contributed by atoms with Crippen molar-refractivity contribution in [2.45, 2.75) is 12.8 Å². The van der Waals surface area contributed by atoms with Crippen molar-refractivity contribution < 1.29 is 9.90 Å². The van der Waals surface area contributed by atoms with Gasteiger partial charge in [0.2, 0.25) is 5.91 Å². The second-order valence-electron chi connectivity index (χ2n) is 4.30. The molecule has 19 heavy (non-hydrogen) atoms. The summed E-state index contributed by atoms with van der Waals surface area (Å²) in [6, 6.07) is 5.87. The van der Waals surface area contributed by atoms with Gasteiger partial charge in [0.1, 0.15) is 9.61 Å². The predicted octanol–water partition coefficient (Wildman–Crippen LogP) is 2.60. The number of benzene rings is 1. The van der Waals surface area contributed by atoms with Gasteiger partial charge in [-0.3, -0.25) is 4.79 Å². The standard InChI is InChI=1S/C13H11BrN2O2S/c14-12-10(3-4-17)19-13(16-12)7-1-2-9-8(5-7)6-11(18)15-9/h1-2,5,17H,3-4,6H2,(H,15,18). The Bertz CT molecular complexity index is 654. The number of carbonyl (C=O) groups excluding carboxylic acids is 1. The van der Waals surface area contributed by atoms with Gasteiger partial charge in [-0.25, -0.2) is 4.98 Å². The van der Waals surface area contributed by atoms with Crippen molar-refractivity contribution in [3.8, 4) is 10.6 Å². The first-order valence-corrected chi connectivity index (χ1v) is 7.47. The fraction of sp³-hybridized carbons (Fsp3) is 0.231. The Morgan fingerprint density at radius 1 is 1.47 bits per heavy atom. The molecule has 0 saturated heterocycles. The van der Waals surface area contributed by atoms with Gasteiger partial charge in [0, 0.05) is 29.2 Å². The summed E-state index contributed by atoms with van der Waals surface area (Å²) in [5, 5.41) is 12.7. The summed E-state index contributed by atoms with van der Waals surface area (Å²) >= 11 is 4.97. The maximum atomic E-state index is 11.3. The van der Waals surface area contributed by atoms with Crippen LogP contribution in [0.3, 0.4) is 0 Å². The van der Waals surface area contributed by atoms with Gasteiger partial charge in [0.15, 0.2) is 0 Å². The average Bonchev–Trinajstić information content (AvgIpc) is 2.91. The summed E-state index contributed by atoms with van der Waals surface area (Å²) in [7, 11) is 0. The van der Waals surface area contributed by atoms with Crippen LogP contribution in [0.4, 0.5) is 5.69 Å². The molecule has 0 bridgehead atoms. The Labute approximate surface area is 122 Å². The normalized spacial score (nSPS) is 13.5. The maximum Gasteiger partial charge on any atom is 0.228 e. The first-order valence-electron chi connectivity index (χ1n) is 5.86. The number of nitrogens with zero attached hydrogens (tertiary/aromatic N) is 1. The van der Waals surface area contributed by atoms with E-state index in [9.17, 15) is 4.79 Å². The molecule has 1 amide bonds. The van der Waals surface area contributed by atoms with Crippen LogP contribution < -0.4 is 5.32 Å². The zero-order chi connectivity index (χ0) is 13.4. The first-order chi connectivity index (χ1) is 9.17. The molecule has 2 aromatic rings. The maximum absolute atomic E-state index is 11.3. The van der Waals surface area contributed by atoms with Crippen molar-refractivity contribution >= 4 is 38.9 Å². The van der Waals surface area contributed by atoms with Gasteiger partial charge in [-0.05, 0) is 39.7 Å². The van der Waals surface area contributed by atoms with Crippen LogP contribution in [-0.4, -0.2) is 22.6 Å². The van der Waals surface area contributed by atoms with Gasteiger partial charge < -0.3 is 10.4 Å². The molecule has 0 spiro atoms. The molecule has 6 heteroatoms. The summed E-state index contributed by atoms with van der Waals surface area (Å²) in [5.41, 5.74) is 2.91. The van der Waals surface area contributed by atoms with E-state index in [1.807, 2.05) is 18.2 Å². The van der Waals surface area contributed by atoms with Crippen LogP contribution in [0.15, 0.2) is 22.8 Å². The molecule has 0 radical (unpaired) electrons. The number of anilines is 1. The number of aliphatic hydroxyl groups is 1. The van der Waals surface area contributed by atoms with Gasteiger partial charge in [0.25, 0.3) is 0 Å². The van der Waals surface area contributed by atoms with Gasteiger partial charge in [-0.1, -0.05) is 0 Å². The smallest absolute Gasteiger partial charge is 0.228 e. The highest BCUT2D eigenvalue weighted by molar-refractivity contribution is 9.10. The van der Waals surface area contributed by atoms with Crippen LogP contribution in [0.5, 0.6) is 0 Å². The molecule has 0 unspecified atom stereocenters. The van der Waals surface area contributed by atoms with Crippen molar-refractivity contribution in [3.63, 3.8) is 0 Å². The second kappa shape index (κ2) is 5.03. The number of halogens is 1. The fourth-order valence-corrected chi connectivity index (χ4v) is 3.75. The van der Waals surface area contributed by atoms with Gasteiger partial charge in [-0.15, -0.1) is 11.3 Å². The van der Waals surface area contributed by atoms with E-state index in [-0.39, 0.29) is 12.5 Å². The third kappa shape index (κ3) is 2.43. The zero-order valence-electron chi connectivity index (χ0n) is 9.94. The minimum Gasteiger partial charge on any atom is -0.396 e. The second-order valence-corrected chi connectivity index (χ2v) is 6.14. The lowest BCUT2D eigenvalue weighted by Gasteiger charge is -2.00. The van der Waals surface area contributed by atoms with Crippen molar-refractivity contribution in [2.24, 2.45) is 0 Å². The third-order valence-electron chi connectivity index (χ3n) is 2.97. The van der Waals surface area contributed by atoms with Crippen molar-refractivity contribution in [1.82, 2.24) is 4.98 Å². The summed E-state index contributed by atoms with van der Waals surface area (Å²) in [6.45, 7) is 0.114. The Hall–Kier alpha value is -1.24. The average molecular weight is 339 g/mol. The molecule has 0 saturated carbocycles. The fourth-order valence-electron chi connectivity index (χ4n) is 2.07. The van der Waals surface area contributed by atoms with Crippen molar-refractivity contribution in [2.75, 3.05) is 11.9 Å². The molecule has 0 fully saturated rings. The highest BCUT2D eigenvalue weighted by Gasteiger charge is 2.19. The van der Waals surface area contributed by atoms with Crippen LogP contribution in [0.1, 0.15) is 10.4 Å². The molecule has 0 atom stereocenters. The van der Waals surface area contributed by atoms with Crippen LogP contribution in [-0.2, 0) is 17.6 Å². The lowest BCUT2D eigenvalue weighted by Crippen LogP contribution is -2.03. The van der Waals surface area contributed by atoms with Crippen molar-refractivity contribution in [3.05, 3.63) is 33.2 Å². The number of rotatable bonds is 3. The van der Waals surface area contributed by atoms with Gasteiger partial charge in [0.05, 0.1) is 6.42 Å². The van der Waals surface area contributed by atoms with E-state index >= 15 is 0 Å². The number of hydrogen-bond donors (Lipinski definition) is 2. The lowest BCUT2D eigenvalue weighted by molar-refractivity contribution is -0.115. The number of hydrogen-bond acceptors (Lipinski definition) is 4. The Kier molecular flexibility index (Phi) is 3.38. The van der Waals surface area contributed by atoms with Crippen LogP contribution in [0.2, 0.25) is 0 Å². The largest absolute Gasteiger partial charge is 0.396 e. The highest BCUT2D eigenvalue weighted by Crippen LogP contribution is 2.34. The van der Waals surface area contributed by atoms with Crippen LogP contribution in [0.25, 0.3) is 10.6 Å². The van der Waals surface area contributed by atoms with E-state index < -0.39 is 0 Å². The minimum atomic E-state index is 0.0356. The lowest BCUT2D eigenvalue weighted by atomic mass is 10.1. The summed E-state index contributed by atoms with van der Waals surface area (Å²) in [5.74, 6) is 0.0356. The SMILES string of the molecule is O=C1Cc2cc(-c3nc(Br)c(CCO)s3)ccc2N1. The molecular formula is C13H11BrN2O2S. The zero-order valence-corrected chi connectivity index (χ0v) is 12.3. The number of aromatic nitrogens is 1. The Morgan fingerprint density at radius 3 is 3.11 bits per heavy atom. The molecule has 1 aromatic carbocycles. The van der Waals surface area contributed by atoms with E-state index in [0.29, 0.717) is 12.8 Å². The van der Waals surface area contributed by atoms with Gasteiger partial charge >= 0.3 is 0 Å². The molecule has 2 N–H and O–H groups in total. The Balaban J connectivity index is 1.97. The van der Waals surface area contributed by atoms with E-state index in [0.717, 1.165) is 31.3 Å². The summed E-state index contributed by atoms with van der Waals surface area (Å²) in [6.07, 6.45) is 1.03. The Morgan fingerprint density at radius 2 is 2.32 bits per heavy atom. The molecule has 0 aliphatic carbocycles. The van der Waals surface area contributed by atoms with E-state index in [1.54, 1.807) is 11.3 Å². The molecule has 3 rings (SSSR count). The molecule has 1 aliphatic rings. The number of amides is 1.